The molecule has 0 bridgehead atoms. The first kappa shape index (κ1) is 16.6. The molecule has 0 unspecified atom stereocenters. The number of aromatic amines is 1. The summed E-state index contributed by atoms with van der Waals surface area (Å²) in [4.78, 5) is 14.2. The van der Waals surface area contributed by atoms with Gasteiger partial charge in [0.05, 0.1) is 0 Å². The quantitative estimate of drug-likeness (QED) is 0.697. The zero-order valence-corrected chi connectivity index (χ0v) is 14.2. The lowest BCUT2D eigenvalue weighted by atomic mass is 10.00. The molecule has 0 saturated heterocycles. The van der Waals surface area contributed by atoms with Gasteiger partial charge in [0, 0.05) is 29.9 Å². The minimum Gasteiger partial charge on any atom is -0.398 e. The SMILES string of the molecule is CCN(CC)C(=O)c1ccc(-c2ccc(N)c(-c3nn[nH]n3)c2)cc1. The van der Waals surface area contributed by atoms with E-state index >= 15 is 0 Å². The second-order valence-corrected chi connectivity index (χ2v) is 5.59. The van der Waals surface area contributed by atoms with E-state index in [1.165, 1.54) is 0 Å². The average Bonchev–Trinajstić information content (AvgIpc) is 3.18. The second-order valence-electron chi connectivity index (χ2n) is 5.59. The molecule has 3 rings (SSSR count). The van der Waals surface area contributed by atoms with E-state index in [-0.39, 0.29) is 5.91 Å². The van der Waals surface area contributed by atoms with Crippen molar-refractivity contribution in [1.29, 1.82) is 0 Å². The number of anilines is 1. The Morgan fingerprint density at radius 2 is 1.76 bits per heavy atom. The van der Waals surface area contributed by atoms with Gasteiger partial charge in [-0.05, 0) is 54.5 Å². The van der Waals surface area contributed by atoms with Gasteiger partial charge in [-0.3, -0.25) is 4.79 Å². The average molecular weight is 336 g/mol. The molecule has 0 aliphatic heterocycles. The first-order valence-electron chi connectivity index (χ1n) is 8.17. The van der Waals surface area contributed by atoms with Crippen LogP contribution in [0.15, 0.2) is 42.5 Å². The monoisotopic (exact) mass is 336 g/mol. The third-order valence-electron chi connectivity index (χ3n) is 4.16. The van der Waals surface area contributed by atoms with Crippen LogP contribution in [-0.2, 0) is 0 Å². The van der Waals surface area contributed by atoms with Gasteiger partial charge in [-0.25, -0.2) is 0 Å². The van der Waals surface area contributed by atoms with Crippen LogP contribution >= 0.6 is 0 Å². The fourth-order valence-corrected chi connectivity index (χ4v) is 2.70. The Morgan fingerprint density at radius 3 is 2.36 bits per heavy atom. The number of aromatic nitrogens is 4. The molecule has 1 heterocycles. The molecule has 1 amide bonds. The number of hydrogen-bond donors (Lipinski definition) is 2. The molecular weight excluding hydrogens is 316 g/mol. The molecule has 2 aromatic carbocycles. The van der Waals surface area contributed by atoms with E-state index in [0.717, 1.165) is 16.7 Å². The van der Waals surface area contributed by atoms with Gasteiger partial charge in [-0.1, -0.05) is 18.2 Å². The maximum atomic E-state index is 12.4. The van der Waals surface area contributed by atoms with Crippen LogP contribution < -0.4 is 5.73 Å². The Kier molecular flexibility index (Phi) is 4.74. The molecule has 0 aliphatic carbocycles. The maximum Gasteiger partial charge on any atom is 0.253 e. The largest absolute Gasteiger partial charge is 0.398 e. The van der Waals surface area contributed by atoms with Crippen LogP contribution in [0.4, 0.5) is 5.69 Å². The zero-order chi connectivity index (χ0) is 17.8. The van der Waals surface area contributed by atoms with Crippen molar-refractivity contribution in [2.75, 3.05) is 18.8 Å². The summed E-state index contributed by atoms with van der Waals surface area (Å²) in [6.07, 6.45) is 0. The molecule has 7 nitrogen and oxygen atoms in total. The van der Waals surface area contributed by atoms with Crippen molar-refractivity contribution in [2.24, 2.45) is 0 Å². The molecule has 0 radical (unpaired) electrons. The Hall–Kier alpha value is -3.22. The highest BCUT2D eigenvalue weighted by Crippen LogP contribution is 2.29. The molecule has 0 saturated carbocycles. The number of benzene rings is 2. The van der Waals surface area contributed by atoms with E-state index in [1.54, 1.807) is 4.90 Å². The van der Waals surface area contributed by atoms with Crippen LogP contribution in [0, 0.1) is 0 Å². The Balaban J connectivity index is 1.90. The highest BCUT2D eigenvalue weighted by Gasteiger charge is 2.13. The third kappa shape index (κ3) is 3.35. The zero-order valence-electron chi connectivity index (χ0n) is 14.2. The van der Waals surface area contributed by atoms with Crippen molar-refractivity contribution in [3.63, 3.8) is 0 Å². The van der Waals surface area contributed by atoms with Crippen molar-refractivity contribution < 1.29 is 4.79 Å². The van der Waals surface area contributed by atoms with Crippen LogP contribution in [-0.4, -0.2) is 44.5 Å². The molecule has 3 N–H and O–H groups in total. The number of amides is 1. The van der Waals surface area contributed by atoms with Crippen molar-refractivity contribution in [1.82, 2.24) is 25.5 Å². The van der Waals surface area contributed by atoms with Gasteiger partial charge in [-0.15, -0.1) is 10.2 Å². The Labute approximate surface area is 145 Å². The predicted molar refractivity (Wildman–Crippen MR) is 96.7 cm³/mol. The summed E-state index contributed by atoms with van der Waals surface area (Å²) in [7, 11) is 0. The van der Waals surface area contributed by atoms with E-state index in [1.807, 2.05) is 56.3 Å². The number of H-pyrrole nitrogens is 1. The molecule has 0 spiro atoms. The number of carbonyl (C=O) groups is 1. The molecule has 3 aromatic rings. The van der Waals surface area contributed by atoms with Crippen LogP contribution in [0.25, 0.3) is 22.5 Å². The van der Waals surface area contributed by atoms with Crippen molar-refractivity contribution >= 4 is 11.6 Å². The molecule has 128 valence electrons. The van der Waals surface area contributed by atoms with E-state index < -0.39 is 0 Å². The number of nitrogen functional groups attached to an aromatic ring is 1. The van der Waals surface area contributed by atoms with Gasteiger partial charge in [0.25, 0.3) is 5.91 Å². The van der Waals surface area contributed by atoms with Gasteiger partial charge < -0.3 is 10.6 Å². The fourth-order valence-electron chi connectivity index (χ4n) is 2.70. The number of nitrogens with two attached hydrogens (primary N) is 1. The summed E-state index contributed by atoms with van der Waals surface area (Å²) in [6.45, 7) is 5.35. The number of tetrazole rings is 1. The predicted octanol–water partition coefficient (Wildman–Crippen LogP) is 2.60. The van der Waals surface area contributed by atoms with Gasteiger partial charge in [0.15, 0.2) is 0 Å². The highest BCUT2D eigenvalue weighted by molar-refractivity contribution is 5.94. The first-order valence-corrected chi connectivity index (χ1v) is 8.17. The van der Waals surface area contributed by atoms with Gasteiger partial charge in [-0.2, -0.15) is 5.21 Å². The molecule has 7 heteroatoms. The van der Waals surface area contributed by atoms with Gasteiger partial charge in [0.1, 0.15) is 0 Å². The van der Waals surface area contributed by atoms with E-state index in [0.29, 0.717) is 30.2 Å². The van der Waals surface area contributed by atoms with E-state index in [2.05, 4.69) is 20.6 Å². The summed E-state index contributed by atoms with van der Waals surface area (Å²) < 4.78 is 0. The minimum absolute atomic E-state index is 0.0429. The number of rotatable bonds is 5. The molecular formula is C18H20N6O. The molecule has 0 aliphatic rings. The first-order chi connectivity index (χ1) is 12.1. The van der Waals surface area contributed by atoms with Crippen LogP contribution in [0.5, 0.6) is 0 Å². The summed E-state index contributed by atoms with van der Waals surface area (Å²) in [5.41, 5.74) is 9.95. The highest BCUT2D eigenvalue weighted by atomic mass is 16.2. The maximum absolute atomic E-state index is 12.4. The Bertz CT molecular complexity index is 854. The van der Waals surface area contributed by atoms with Crippen molar-refractivity contribution in [3.8, 4) is 22.5 Å². The van der Waals surface area contributed by atoms with Crippen molar-refractivity contribution in [2.45, 2.75) is 13.8 Å². The van der Waals surface area contributed by atoms with Crippen LogP contribution in [0.2, 0.25) is 0 Å². The molecule has 25 heavy (non-hydrogen) atoms. The second kappa shape index (κ2) is 7.12. The smallest absolute Gasteiger partial charge is 0.253 e. The lowest BCUT2D eigenvalue weighted by Gasteiger charge is -2.18. The minimum atomic E-state index is 0.0429. The number of nitrogens with one attached hydrogen (secondary N) is 1. The topological polar surface area (TPSA) is 101 Å². The Morgan fingerprint density at radius 1 is 1.08 bits per heavy atom. The van der Waals surface area contributed by atoms with Gasteiger partial charge >= 0.3 is 0 Å². The van der Waals surface area contributed by atoms with Gasteiger partial charge in [0.2, 0.25) is 5.82 Å². The van der Waals surface area contributed by atoms with Crippen LogP contribution in [0.1, 0.15) is 24.2 Å². The van der Waals surface area contributed by atoms with Crippen molar-refractivity contribution in [3.05, 3.63) is 48.0 Å². The van der Waals surface area contributed by atoms with E-state index in [9.17, 15) is 4.79 Å². The summed E-state index contributed by atoms with van der Waals surface area (Å²) in [5.74, 6) is 0.494. The standard InChI is InChI=1S/C18H20N6O/c1-3-24(4-2)18(25)13-7-5-12(6-8-13)14-9-10-16(19)15(11-14)17-20-22-23-21-17/h5-11H,3-4,19H2,1-2H3,(H,20,21,22,23). The number of nitrogens with zero attached hydrogens (tertiary/aromatic N) is 4. The third-order valence-corrected chi connectivity index (χ3v) is 4.16. The number of hydrogen-bond acceptors (Lipinski definition) is 5. The molecule has 0 fully saturated rings. The van der Waals surface area contributed by atoms with E-state index in [4.69, 9.17) is 5.73 Å². The molecule has 1 aromatic heterocycles. The summed E-state index contributed by atoms with van der Waals surface area (Å²) in [5, 5.41) is 14.0. The molecule has 0 atom stereocenters. The fraction of sp³-hybridized carbons (Fsp3) is 0.222. The lowest BCUT2D eigenvalue weighted by Crippen LogP contribution is -2.30. The normalized spacial score (nSPS) is 10.6. The lowest BCUT2D eigenvalue weighted by molar-refractivity contribution is 0.0773. The number of carbonyl (C=O) groups excluding carboxylic acids is 1. The summed E-state index contributed by atoms with van der Waals surface area (Å²) >= 11 is 0. The van der Waals surface area contributed by atoms with Crippen LogP contribution in [0.3, 0.4) is 0 Å². The summed E-state index contributed by atoms with van der Waals surface area (Å²) in [6, 6.07) is 13.2.